The maximum atomic E-state index is 5.61. The molecule has 0 saturated heterocycles. The molecule has 2 rings (SSSR count). The first-order valence-corrected chi connectivity index (χ1v) is 6.97. The van der Waals surface area contributed by atoms with Crippen LogP contribution in [0.3, 0.4) is 0 Å². The standard InChI is InChI=1S/C12H19N5S/c1-3-17-7-10(6-14-17)4-11(16-13)5-12-8-18-9(2)15-12/h6-8,11,16H,3-5,13H2,1-2H3. The van der Waals surface area contributed by atoms with Gasteiger partial charge in [0.2, 0.25) is 0 Å². The van der Waals surface area contributed by atoms with Gasteiger partial charge >= 0.3 is 0 Å². The molecular formula is C12H19N5S. The van der Waals surface area contributed by atoms with Gasteiger partial charge in [-0.1, -0.05) is 0 Å². The number of nitrogens with two attached hydrogens (primary N) is 1. The largest absolute Gasteiger partial charge is 0.273 e. The number of hydrazine groups is 1. The number of nitrogens with one attached hydrogen (secondary N) is 1. The maximum absolute atomic E-state index is 5.61. The minimum Gasteiger partial charge on any atom is -0.273 e. The lowest BCUT2D eigenvalue weighted by molar-refractivity contribution is 0.518. The summed E-state index contributed by atoms with van der Waals surface area (Å²) in [5.74, 6) is 5.61. The Morgan fingerprint density at radius 1 is 1.50 bits per heavy atom. The summed E-state index contributed by atoms with van der Waals surface area (Å²) in [5, 5.41) is 7.46. The van der Waals surface area contributed by atoms with Gasteiger partial charge in [0.1, 0.15) is 0 Å². The zero-order valence-electron chi connectivity index (χ0n) is 10.8. The van der Waals surface area contributed by atoms with Gasteiger partial charge in [-0.2, -0.15) is 5.10 Å². The van der Waals surface area contributed by atoms with Gasteiger partial charge in [0.05, 0.1) is 16.9 Å². The number of aryl methyl sites for hydroxylation is 2. The van der Waals surface area contributed by atoms with Gasteiger partial charge in [-0.05, 0) is 25.8 Å². The molecule has 0 spiro atoms. The van der Waals surface area contributed by atoms with Crippen molar-refractivity contribution in [3.63, 3.8) is 0 Å². The van der Waals surface area contributed by atoms with Crippen LogP contribution in [0.25, 0.3) is 0 Å². The monoisotopic (exact) mass is 265 g/mol. The van der Waals surface area contributed by atoms with Crippen molar-refractivity contribution in [2.75, 3.05) is 0 Å². The molecular weight excluding hydrogens is 246 g/mol. The Bertz CT molecular complexity index is 490. The lowest BCUT2D eigenvalue weighted by atomic mass is 10.1. The zero-order chi connectivity index (χ0) is 13.0. The van der Waals surface area contributed by atoms with Crippen LogP contribution in [0.4, 0.5) is 0 Å². The topological polar surface area (TPSA) is 68.8 Å². The Hall–Kier alpha value is -1.24. The summed E-state index contributed by atoms with van der Waals surface area (Å²) in [5.41, 5.74) is 5.16. The van der Waals surface area contributed by atoms with Crippen molar-refractivity contribution in [2.45, 2.75) is 39.3 Å². The molecule has 0 saturated carbocycles. The second-order valence-corrected chi connectivity index (χ2v) is 5.40. The van der Waals surface area contributed by atoms with Gasteiger partial charge in [0.15, 0.2) is 0 Å². The van der Waals surface area contributed by atoms with Gasteiger partial charge in [0.25, 0.3) is 0 Å². The molecule has 0 aliphatic carbocycles. The quantitative estimate of drug-likeness (QED) is 0.610. The minimum atomic E-state index is 0.195. The zero-order valence-corrected chi connectivity index (χ0v) is 11.6. The van der Waals surface area contributed by atoms with Crippen molar-refractivity contribution >= 4 is 11.3 Å². The highest BCUT2D eigenvalue weighted by molar-refractivity contribution is 7.09. The number of nitrogens with zero attached hydrogens (tertiary/aromatic N) is 3. The van der Waals surface area contributed by atoms with Crippen molar-refractivity contribution in [3.05, 3.63) is 34.0 Å². The van der Waals surface area contributed by atoms with E-state index in [1.807, 2.05) is 17.8 Å². The van der Waals surface area contributed by atoms with E-state index < -0.39 is 0 Å². The molecule has 18 heavy (non-hydrogen) atoms. The molecule has 0 aliphatic heterocycles. The molecule has 0 aliphatic rings. The van der Waals surface area contributed by atoms with E-state index in [0.29, 0.717) is 0 Å². The van der Waals surface area contributed by atoms with Crippen molar-refractivity contribution < 1.29 is 0 Å². The third kappa shape index (κ3) is 3.38. The molecule has 5 nitrogen and oxygen atoms in total. The summed E-state index contributed by atoms with van der Waals surface area (Å²) < 4.78 is 1.93. The number of aromatic nitrogens is 3. The van der Waals surface area contributed by atoms with E-state index in [-0.39, 0.29) is 6.04 Å². The molecule has 1 atom stereocenters. The highest BCUT2D eigenvalue weighted by Crippen LogP contribution is 2.12. The molecule has 0 aromatic carbocycles. The van der Waals surface area contributed by atoms with Crippen LogP contribution in [-0.2, 0) is 19.4 Å². The fourth-order valence-electron chi connectivity index (χ4n) is 1.91. The Labute approximate surface area is 111 Å². The van der Waals surface area contributed by atoms with E-state index in [4.69, 9.17) is 5.84 Å². The highest BCUT2D eigenvalue weighted by atomic mass is 32.1. The smallest absolute Gasteiger partial charge is 0.0897 e. The fourth-order valence-corrected chi connectivity index (χ4v) is 2.54. The van der Waals surface area contributed by atoms with Gasteiger partial charge in [-0.3, -0.25) is 16.0 Å². The summed E-state index contributed by atoms with van der Waals surface area (Å²) in [6, 6.07) is 0.195. The van der Waals surface area contributed by atoms with Crippen LogP contribution in [0, 0.1) is 6.92 Å². The first-order chi connectivity index (χ1) is 8.71. The van der Waals surface area contributed by atoms with Crippen molar-refractivity contribution in [1.29, 1.82) is 0 Å². The Kier molecular flexibility index (Phi) is 4.46. The van der Waals surface area contributed by atoms with Gasteiger partial charge in [-0.15, -0.1) is 11.3 Å². The molecule has 98 valence electrons. The van der Waals surface area contributed by atoms with Crippen molar-refractivity contribution in [3.8, 4) is 0 Å². The summed E-state index contributed by atoms with van der Waals surface area (Å²) in [7, 11) is 0. The second-order valence-electron chi connectivity index (χ2n) is 4.33. The number of hydrogen-bond donors (Lipinski definition) is 2. The average Bonchev–Trinajstić information content (AvgIpc) is 2.97. The van der Waals surface area contributed by atoms with Gasteiger partial charge in [0, 0.05) is 30.6 Å². The van der Waals surface area contributed by atoms with E-state index in [0.717, 1.165) is 30.1 Å². The van der Waals surface area contributed by atoms with Gasteiger partial charge in [-0.25, -0.2) is 4.98 Å². The molecule has 2 heterocycles. The Morgan fingerprint density at radius 3 is 2.89 bits per heavy atom. The average molecular weight is 265 g/mol. The van der Waals surface area contributed by atoms with Crippen LogP contribution < -0.4 is 11.3 Å². The third-order valence-corrected chi connectivity index (χ3v) is 3.67. The Balaban J connectivity index is 1.96. The first-order valence-electron chi connectivity index (χ1n) is 6.09. The van der Waals surface area contributed by atoms with E-state index in [1.165, 1.54) is 5.56 Å². The summed E-state index contributed by atoms with van der Waals surface area (Å²) >= 11 is 1.67. The van der Waals surface area contributed by atoms with Crippen LogP contribution in [0.15, 0.2) is 17.8 Å². The molecule has 2 aromatic heterocycles. The number of thiazole rings is 1. The van der Waals surface area contributed by atoms with E-state index in [2.05, 4.69) is 34.0 Å². The number of rotatable bonds is 6. The summed E-state index contributed by atoms with van der Waals surface area (Å²) in [6.45, 7) is 4.99. The fraction of sp³-hybridized carbons (Fsp3) is 0.500. The summed E-state index contributed by atoms with van der Waals surface area (Å²) in [6.07, 6.45) is 5.68. The molecule has 2 aromatic rings. The predicted molar refractivity (Wildman–Crippen MR) is 73.3 cm³/mol. The molecule has 3 N–H and O–H groups in total. The highest BCUT2D eigenvalue weighted by Gasteiger charge is 2.12. The van der Waals surface area contributed by atoms with Crippen molar-refractivity contribution in [1.82, 2.24) is 20.2 Å². The van der Waals surface area contributed by atoms with Crippen LogP contribution >= 0.6 is 11.3 Å². The first kappa shape index (κ1) is 13.2. The molecule has 0 fully saturated rings. The van der Waals surface area contributed by atoms with Crippen molar-refractivity contribution in [2.24, 2.45) is 5.84 Å². The molecule has 0 radical (unpaired) electrons. The maximum Gasteiger partial charge on any atom is 0.0897 e. The minimum absolute atomic E-state index is 0.195. The predicted octanol–water partition coefficient (Wildman–Crippen LogP) is 1.29. The normalized spacial score (nSPS) is 12.8. The summed E-state index contributed by atoms with van der Waals surface area (Å²) in [4.78, 5) is 4.46. The van der Waals surface area contributed by atoms with Gasteiger partial charge < -0.3 is 0 Å². The Morgan fingerprint density at radius 2 is 2.33 bits per heavy atom. The van der Waals surface area contributed by atoms with E-state index in [1.54, 1.807) is 11.3 Å². The van der Waals surface area contributed by atoms with Crippen LogP contribution in [0.1, 0.15) is 23.2 Å². The second kappa shape index (κ2) is 6.08. The lowest BCUT2D eigenvalue weighted by Crippen LogP contribution is -2.38. The van der Waals surface area contributed by atoms with Crippen LogP contribution in [0.5, 0.6) is 0 Å². The molecule has 6 heteroatoms. The van der Waals surface area contributed by atoms with E-state index >= 15 is 0 Å². The lowest BCUT2D eigenvalue weighted by Gasteiger charge is -2.13. The third-order valence-electron chi connectivity index (χ3n) is 2.85. The molecule has 0 amide bonds. The molecule has 0 bridgehead atoms. The SMILES string of the molecule is CCn1cc(CC(Cc2csc(C)n2)NN)cn1. The van der Waals surface area contributed by atoms with Crippen LogP contribution in [0.2, 0.25) is 0 Å². The number of hydrogen-bond acceptors (Lipinski definition) is 5. The van der Waals surface area contributed by atoms with E-state index in [9.17, 15) is 0 Å². The molecule has 1 unspecified atom stereocenters. The van der Waals surface area contributed by atoms with Crippen LogP contribution in [-0.4, -0.2) is 20.8 Å².